The molecule has 4 aromatic rings. The molecule has 130 valence electrons. The molecule has 0 amide bonds. The van der Waals surface area contributed by atoms with Gasteiger partial charge in [0, 0.05) is 11.9 Å². The van der Waals surface area contributed by atoms with Crippen LogP contribution in [0.25, 0.3) is 16.6 Å². The Bertz CT molecular complexity index is 1010. The minimum atomic E-state index is -0.269. The van der Waals surface area contributed by atoms with Gasteiger partial charge in [0.15, 0.2) is 0 Å². The first-order valence-electron chi connectivity index (χ1n) is 8.40. The molecule has 1 heterocycles. The van der Waals surface area contributed by atoms with E-state index < -0.39 is 0 Å². The molecule has 2 N–H and O–H groups in total. The van der Waals surface area contributed by atoms with Crippen molar-refractivity contribution >= 4 is 10.9 Å². The first kappa shape index (κ1) is 16.3. The third-order valence-electron chi connectivity index (χ3n) is 4.27. The van der Waals surface area contributed by atoms with Crippen molar-refractivity contribution in [2.24, 2.45) is 5.73 Å². The van der Waals surface area contributed by atoms with E-state index >= 15 is 0 Å². The van der Waals surface area contributed by atoms with Crippen molar-refractivity contribution in [1.82, 2.24) is 9.78 Å². The fraction of sp³-hybridized carbons (Fsp3) is 0.0952. The monoisotopic (exact) mass is 347 g/mol. The lowest BCUT2D eigenvalue weighted by atomic mass is 10.1. The maximum Gasteiger partial charge on any atom is 0.136 e. The van der Waals surface area contributed by atoms with Gasteiger partial charge in [-0.2, -0.15) is 5.10 Å². The van der Waals surface area contributed by atoms with Gasteiger partial charge in [-0.1, -0.05) is 30.3 Å². The number of nitrogens with zero attached hydrogens (tertiary/aromatic N) is 2. The smallest absolute Gasteiger partial charge is 0.136 e. The molecule has 0 bridgehead atoms. The molecule has 0 unspecified atom stereocenters. The van der Waals surface area contributed by atoms with Crippen LogP contribution in [0.2, 0.25) is 0 Å². The Hall–Kier alpha value is -3.18. The van der Waals surface area contributed by atoms with E-state index in [0.717, 1.165) is 27.9 Å². The molecular formula is C21H18FN3O. The lowest BCUT2D eigenvalue weighted by Crippen LogP contribution is -2.18. The quantitative estimate of drug-likeness (QED) is 0.587. The van der Waals surface area contributed by atoms with Gasteiger partial charge in [0.25, 0.3) is 0 Å². The summed E-state index contributed by atoms with van der Waals surface area (Å²) in [6.07, 6.45) is 1.56. The fourth-order valence-corrected chi connectivity index (χ4v) is 2.96. The van der Waals surface area contributed by atoms with Crippen LogP contribution in [0.1, 0.15) is 11.7 Å². The van der Waals surface area contributed by atoms with Gasteiger partial charge in [-0.25, -0.2) is 9.07 Å². The highest BCUT2D eigenvalue weighted by Crippen LogP contribution is 2.26. The number of rotatable bonds is 5. The van der Waals surface area contributed by atoms with Crippen LogP contribution in [0.5, 0.6) is 5.75 Å². The molecule has 0 radical (unpaired) electrons. The van der Waals surface area contributed by atoms with Gasteiger partial charge in [-0.3, -0.25) is 0 Å². The van der Waals surface area contributed by atoms with Crippen LogP contribution >= 0.6 is 0 Å². The zero-order chi connectivity index (χ0) is 17.9. The molecule has 1 aromatic heterocycles. The molecule has 4 rings (SSSR count). The van der Waals surface area contributed by atoms with Gasteiger partial charge < -0.3 is 10.5 Å². The van der Waals surface area contributed by atoms with Gasteiger partial charge in [0.05, 0.1) is 17.4 Å². The zero-order valence-electron chi connectivity index (χ0n) is 14.0. The number of aromatic nitrogens is 2. The predicted molar refractivity (Wildman–Crippen MR) is 99.9 cm³/mol. The Kier molecular flexibility index (Phi) is 4.37. The summed E-state index contributed by atoms with van der Waals surface area (Å²) in [6.45, 7) is 0.386. The Morgan fingerprint density at radius 2 is 1.77 bits per heavy atom. The second-order valence-corrected chi connectivity index (χ2v) is 6.01. The van der Waals surface area contributed by atoms with Gasteiger partial charge >= 0.3 is 0 Å². The second kappa shape index (κ2) is 6.98. The van der Waals surface area contributed by atoms with Gasteiger partial charge in [-0.15, -0.1) is 0 Å². The number of halogens is 1. The van der Waals surface area contributed by atoms with Crippen LogP contribution in [0.3, 0.4) is 0 Å². The van der Waals surface area contributed by atoms with Crippen LogP contribution < -0.4 is 10.5 Å². The van der Waals surface area contributed by atoms with Crippen LogP contribution in [0, 0.1) is 5.82 Å². The summed E-state index contributed by atoms with van der Waals surface area (Å²) in [5.74, 6) is 0.463. The summed E-state index contributed by atoms with van der Waals surface area (Å²) < 4.78 is 21.0. The SMILES string of the molecule is NC[C@H](Oc1ccc2c(cnn2-c2ccc(F)cc2)c1)c1ccccc1. The molecule has 0 spiro atoms. The highest BCUT2D eigenvalue weighted by Gasteiger charge is 2.12. The number of fused-ring (bicyclic) bond motifs is 1. The number of hydrogen-bond acceptors (Lipinski definition) is 3. The maximum atomic E-state index is 13.1. The first-order valence-corrected chi connectivity index (χ1v) is 8.40. The van der Waals surface area contributed by atoms with Crippen LogP contribution in [0.4, 0.5) is 4.39 Å². The van der Waals surface area contributed by atoms with Gasteiger partial charge in [0.2, 0.25) is 0 Å². The number of nitrogens with two attached hydrogens (primary N) is 1. The molecule has 1 atom stereocenters. The van der Waals surface area contributed by atoms with E-state index in [1.54, 1.807) is 23.0 Å². The van der Waals surface area contributed by atoms with Crippen molar-refractivity contribution in [3.63, 3.8) is 0 Å². The van der Waals surface area contributed by atoms with E-state index in [-0.39, 0.29) is 11.9 Å². The highest BCUT2D eigenvalue weighted by atomic mass is 19.1. The Balaban J connectivity index is 1.63. The maximum absolute atomic E-state index is 13.1. The Morgan fingerprint density at radius 3 is 2.50 bits per heavy atom. The molecule has 0 aliphatic carbocycles. The average molecular weight is 347 g/mol. The number of ether oxygens (including phenoxy) is 1. The van der Waals surface area contributed by atoms with E-state index in [4.69, 9.17) is 10.5 Å². The standard InChI is InChI=1S/C21H18FN3O/c22-17-6-8-18(9-7-17)25-20-11-10-19(12-16(20)14-24-25)26-21(13-23)15-4-2-1-3-5-15/h1-12,14,21H,13,23H2/t21-/m0/s1. The molecule has 4 nitrogen and oxygen atoms in total. The predicted octanol–water partition coefficient (Wildman–Crippen LogP) is 4.24. The number of hydrogen-bond donors (Lipinski definition) is 1. The van der Waals surface area contributed by atoms with E-state index in [0.29, 0.717) is 6.54 Å². The molecule has 0 aliphatic heterocycles. The van der Waals surface area contributed by atoms with Crippen molar-refractivity contribution in [3.05, 3.63) is 90.4 Å². The van der Waals surface area contributed by atoms with Crippen molar-refractivity contribution in [1.29, 1.82) is 0 Å². The molecule has 0 aliphatic rings. The second-order valence-electron chi connectivity index (χ2n) is 6.01. The molecular weight excluding hydrogens is 329 g/mol. The number of benzene rings is 3. The van der Waals surface area contributed by atoms with E-state index in [9.17, 15) is 4.39 Å². The summed E-state index contributed by atoms with van der Waals surface area (Å²) in [5, 5.41) is 5.35. The minimum Gasteiger partial charge on any atom is -0.484 e. The van der Waals surface area contributed by atoms with Crippen LogP contribution in [0.15, 0.2) is 79.0 Å². The molecule has 5 heteroatoms. The third kappa shape index (κ3) is 3.17. The largest absolute Gasteiger partial charge is 0.484 e. The summed E-state index contributed by atoms with van der Waals surface area (Å²) in [5.41, 5.74) is 8.65. The normalized spacial score (nSPS) is 12.2. The summed E-state index contributed by atoms with van der Waals surface area (Å²) in [4.78, 5) is 0. The molecule has 0 saturated heterocycles. The van der Waals surface area contributed by atoms with Crippen LogP contribution in [-0.4, -0.2) is 16.3 Å². The van der Waals surface area contributed by atoms with Crippen molar-refractivity contribution in [2.45, 2.75) is 6.10 Å². The van der Waals surface area contributed by atoms with Crippen molar-refractivity contribution in [2.75, 3.05) is 6.54 Å². The molecule has 3 aromatic carbocycles. The summed E-state index contributed by atoms with van der Waals surface area (Å²) in [6, 6.07) is 21.9. The van der Waals surface area contributed by atoms with Crippen molar-refractivity contribution in [3.8, 4) is 11.4 Å². The molecule has 0 saturated carbocycles. The summed E-state index contributed by atoms with van der Waals surface area (Å²) >= 11 is 0. The van der Waals surface area contributed by atoms with E-state index in [2.05, 4.69) is 5.10 Å². The highest BCUT2D eigenvalue weighted by molar-refractivity contribution is 5.81. The Morgan fingerprint density at radius 1 is 1.00 bits per heavy atom. The van der Waals surface area contributed by atoms with E-state index in [1.165, 1.54) is 12.1 Å². The zero-order valence-corrected chi connectivity index (χ0v) is 14.0. The first-order chi connectivity index (χ1) is 12.7. The fourth-order valence-electron chi connectivity index (χ4n) is 2.96. The Labute approximate surface area is 150 Å². The minimum absolute atomic E-state index is 0.208. The topological polar surface area (TPSA) is 53.1 Å². The van der Waals surface area contributed by atoms with Crippen molar-refractivity contribution < 1.29 is 9.13 Å². The third-order valence-corrected chi connectivity index (χ3v) is 4.27. The van der Waals surface area contributed by atoms with Gasteiger partial charge in [0.1, 0.15) is 17.7 Å². The summed E-state index contributed by atoms with van der Waals surface area (Å²) in [7, 11) is 0. The average Bonchev–Trinajstić information content (AvgIpc) is 3.10. The lowest BCUT2D eigenvalue weighted by Gasteiger charge is -2.18. The van der Waals surface area contributed by atoms with Gasteiger partial charge in [-0.05, 0) is 48.0 Å². The van der Waals surface area contributed by atoms with E-state index in [1.807, 2.05) is 48.5 Å². The molecule has 0 fully saturated rings. The lowest BCUT2D eigenvalue weighted by molar-refractivity contribution is 0.214. The molecule has 26 heavy (non-hydrogen) atoms. The van der Waals surface area contributed by atoms with Crippen LogP contribution in [-0.2, 0) is 0 Å².